The van der Waals surface area contributed by atoms with Crippen LogP contribution in [0.4, 0.5) is 0 Å². The average Bonchev–Trinajstić information content (AvgIpc) is 2.47. The zero-order valence-corrected chi connectivity index (χ0v) is 14.3. The van der Waals surface area contributed by atoms with Crippen LogP contribution in [0.2, 0.25) is 0 Å². The van der Waals surface area contributed by atoms with Crippen molar-refractivity contribution in [2.24, 2.45) is 0 Å². The fourth-order valence-electron chi connectivity index (χ4n) is 1.59. The number of ketones is 1. The smallest absolute Gasteiger partial charge is 0.344 e. The van der Waals surface area contributed by atoms with Crippen LogP contribution in [-0.4, -0.2) is 41.2 Å². The Bertz CT molecular complexity index is 518. The lowest BCUT2D eigenvalue weighted by atomic mass is 10.1. The standard InChI is InChI=1S/C14H17BrO5S/c1-3-19-12(17)8-20-11-6-5-9(10(16)7-15)13(18)14(11)21-4-2/h5-6,18H,3-4,7-8H2,1-2H3. The highest BCUT2D eigenvalue weighted by atomic mass is 79.9. The van der Waals surface area contributed by atoms with Gasteiger partial charge in [0.05, 0.1) is 22.4 Å². The summed E-state index contributed by atoms with van der Waals surface area (Å²) in [4.78, 5) is 23.5. The number of ether oxygens (including phenoxy) is 2. The van der Waals surface area contributed by atoms with Gasteiger partial charge in [-0.2, -0.15) is 0 Å². The van der Waals surface area contributed by atoms with Crippen molar-refractivity contribution < 1.29 is 24.2 Å². The summed E-state index contributed by atoms with van der Waals surface area (Å²) in [6.45, 7) is 3.67. The molecule has 0 spiro atoms. The molecule has 0 aliphatic heterocycles. The summed E-state index contributed by atoms with van der Waals surface area (Å²) in [7, 11) is 0. The van der Waals surface area contributed by atoms with E-state index < -0.39 is 5.97 Å². The van der Waals surface area contributed by atoms with E-state index in [4.69, 9.17) is 9.47 Å². The molecule has 0 amide bonds. The molecule has 116 valence electrons. The zero-order valence-electron chi connectivity index (χ0n) is 11.8. The molecule has 0 radical (unpaired) electrons. The Kier molecular flexibility index (Phi) is 7.60. The maximum Gasteiger partial charge on any atom is 0.344 e. The van der Waals surface area contributed by atoms with E-state index in [0.29, 0.717) is 16.4 Å². The van der Waals surface area contributed by atoms with E-state index in [2.05, 4.69) is 15.9 Å². The number of phenolic OH excluding ortho intramolecular Hbond substituents is 1. The first-order valence-corrected chi connectivity index (χ1v) is 8.52. The number of Topliss-reactive ketones (excluding diaryl/α,β-unsaturated/α-hetero) is 1. The molecule has 1 rings (SSSR count). The Labute approximate surface area is 136 Å². The summed E-state index contributed by atoms with van der Waals surface area (Å²) in [5, 5.41) is 10.3. The van der Waals surface area contributed by atoms with E-state index in [-0.39, 0.29) is 35.6 Å². The predicted molar refractivity (Wildman–Crippen MR) is 84.8 cm³/mol. The van der Waals surface area contributed by atoms with Crippen LogP contribution in [0.15, 0.2) is 17.0 Å². The molecule has 1 N–H and O–H groups in total. The van der Waals surface area contributed by atoms with Crippen molar-refractivity contribution in [2.75, 3.05) is 24.3 Å². The van der Waals surface area contributed by atoms with Crippen LogP contribution < -0.4 is 4.74 Å². The van der Waals surface area contributed by atoms with Crippen LogP contribution in [0.1, 0.15) is 24.2 Å². The molecule has 0 aromatic heterocycles. The van der Waals surface area contributed by atoms with Crippen molar-refractivity contribution >= 4 is 39.4 Å². The molecular formula is C14H17BrO5S. The Hall–Kier alpha value is -1.21. The summed E-state index contributed by atoms with van der Waals surface area (Å²) in [6, 6.07) is 3.06. The Morgan fingerprint density at radius 3 is 2.62 bits per heavy atom. The molecule has 0 unspecified atom stereocenters. The largest absolute Gasteiger partial charge is 0.506 e. The van der Waals surface area contributed by atoms with Crippen molar-refractivity contribution in [3.05, 3.63) is 17.7 Å². The van der Waals surface area contributed by atoms with Crippen LogP contribution in [0.3, 0.4) is 0 Å². The molecule has 21 heavy (non-hydrogen) atoms. The minimum atomic E-state index is -0.481. The van der Waals surface area contributed by atoms with Gasteiger partial charge in [-0.15, -0.1) is 11.8 Å². The van der Waals surface area contributed by atoms with Crippen molar-refractivity contribution in [1.82, 2.24) is 0 Å². The van der Waals surface area contributed by atoms with Crippen LogP contribution in [0.5, 0.6) is 11.5 Å². The maximum absolute atomic E-state index is 11.7. The summed E-state index contributed by atoms with van der Waals surface area (Å²) in [5.41, 5.74) is 0.228. The lowest BCUT2D eigenvalue weighted by Crippen LogP contribution is -2.15. The molecule has 0 heterocycles. The van der Waals surface area contributed by atoms with Crippen LogP contribution >= 0.6 is 27.7 Å². The summed E-state index contributed by atoms with van der Waals surface area (Å²) >= 11 is 4.42. The number of halogens is 1. The zero-order chi connectivity index (χ0) is 15.8. The van der Waals surface area contributed by atoms with Crippen LogP contribution in [-0.2, 0) is 9.53 Å². The molecular weight excluding hydrogens is 360 g/mol. The van der Waals surface area contributed by atoms with Crippen molar-refractivity contribution in [2.45, 2.75) is 18.7 Å². The van der Waals surface area contributed by atoms with E-state index in [0.717, 1.165) is 0 Å². The number of carbonyl (C=O) groups is 2. The molecule has 1 aromatic carbocycles. The lowest BCUT2D eigenvalue weighted by Gasteiger charge is -2.13. The molecule has 1 aromatic rings. The van der Waals surface area contributed by atoms with Gasteiger partial charge in [0.25, 0.3) is 0 Å². The molecule has 0 fully saturated rings. The van der Waals surface area contributed by atoms with Gasteiger partial charge in [0, 0.05) is 0 Å². The monoisotopic (exact) mass is 376 g/mol. The van der Waals surface area contributed by atoms with Gasteiger partial charge in [-0.1, -0.05) is 22.9 Å². The van der Waals surface area contributed by atoms with Crippen molar-refractivity contribution in [1.29, 1.82) is 0 Å². The van der Waals surface area contributed by atoms with Gasteiger partial charge in [0.1, 0.15) is 11.5 Å². The first kappa shape index (κ1) is 17.8. The van der Waals surface area contributed by atoms with Gasteiger partial charge in [-0.3, -0.25) is 4.79 Å². The van der Waals surface area contributed by atoms with Crippen molar-refractivity contribution in [3.8, 4) is 11.5 Å². The summed E-state index contributed by atoms with van der Waals surface area (Å²) < 4.78 is 10.2. The molecule has 0 saturated carbocycles. The van der Waals surface area contributed by atoms with E-state index in [1.165, 1.54) is 17.8 Å². The van der Waals surface area contributed by atoms with Crippen molar-refractivity contribution in [3.63, 3.8) is 0 Å². The summed E-state index contributed by atoms with van der Waals surface area (Å²) in [5.74, 6) is 0.230. The summed E-state index contributed by atoms with van der Waals surface area (Å²) in [6.07, 6.45) is 0. The molecule has 0 aliphatic carbocycles. The quantitative estimate of drug-likeness (QED) is 0.325. The molecule has 0 atom stereocenters. The van der Waals surface area contributed by atoms with Gasteiger partial charge >= 0.3 is 5.97 Å². The Morgan fingerprint density at radius 1 is 1.33 bits per heavy atom. The number of aromatic hydroxyl groups is 1. The highest BCUT2D eigenvalue weighted by Gasteiger charge is 2.18. The van der Waals surface area contributed by atoms with E-state index in [1.807, 2.05) is 6.92 Å². The minimum absolute atomic E-state index is 0.118. The maximum atomic E-state index is 11.7. The topological polar surface area (TPSA) is 72.8 Å². The molecule has 0 aliphatic rings. The number of hydrogen-bond acceptors (Lipinski definition) is 6. The number of benzene rings is 1. The lowest BCUT2D eigenvalue weighted by molar-refractivity contribution is -0.145. The highest BCUT2D eigenvalue weighted by molar-refractivity contribution is 9.09. The molecule has 0 saturated heterocycles. The van der Waals surface area contributed by atoms with Gasteiger partial charge in [-0.05, 0) is 24.8 Å². The number of rotatable bonds is 8. The third-order valence-electron chi connectivity index (χ3n) is 2.46. The Balaban J connectivity index is 3.01. The number of thioether (sulfide) groups is 1. The molecule has 0 bridgehead atoms. The molecule has 5 nitrogen and oxygen atoms in total. The SMILES string of the molecule is CCOC(=O)COc1ccc(C(=O)CBr)c(O)c1SCC. The number of hydrogen-bond donors (Lipinski definition) is 1. The number of carbonyl (C=O) groups excluding carboxylic acids is 2. The third-order valence-corrected chi connectivity index (χ3v) is 3.94. The number of phenols is 1. The van der Waals surface area contributed by atoms with Crippen LogP contribution in [0, 0.1) is 0 Å². The normalized spacial score (nSPS) is 10.2. The predicted octanol–water partition coefficient (Wildman–Crippen LogP) is 3.02. The first-order valence-electron chi connectivity index (χ1n) is 6.41. The van der Waals surface area contributed by atoms with E-state index >= 15 is 0 Å². The Morgan fingerprint density at radius 2 is 2.05 bits per heavy atom. The second-order valence-electron chi connectivity index (χ2n) is 3.87. The third kappa shape index (κ3) is 4.93. The highest BCUT2D eigenvalue weighted by Crippen LogP contribution is 2.39. The number of alkyl halides is 1. The van der Waals surface area contributed by atoms with Crippen LogP contribution in [0.25, 0.3) is 0 Å². The van der Waals surface area contributed by atoms with Gasteiger partial charge < -0.3 is 14.6 Å². The van der Waals surface area contributed by atoms with Gasteiger partial charge in [0.2, 0.25) is 0 Å². The number of esters is 1. The molecule has 7 heteroatoms. The van der Waals surface area contributed by atoms with E-state index in [9.17, 15) is 14.7 Å². The fourth-order valence-corrected chi connectivity index (χ4v) is 2.69. The van der Waals surface area contributed by atoms with Gasteiger partial charge in [-0.25, -0.2) is 4.79 Å². The fraction of sp³-hybridized carbons (Fsp3) is 0.429. The second kappa shape index (κ2) is 8.94. The second-order valence-corrected chi connectivity index (χ2v) is 5.71. The first-order chi connectivity index (χ1) is 10.0. The average molecular weight is 377 g/mol. The van der Waals surface area contributed by atoms with E-state index in [1.54, 1.807) is 13.0 Å². The minimum Gasteiger partial charge on any atom is -0.506 e. The van der Waals surface area contributed by atoms with Gasteiger partial charge in [0.15, 0.2) is 12.4 Å².